The van der Waals surface area contributed by atoms with E-state index in [2.05, 4.69) is 10.6 Å². The SMILES string of the molecule is Cc1cccc(OCCCNC(=O)C2CC(=O)Nc3ccccc32)c1. The molecule has 1 atom stereocenters. The van der Waals surface area contributed by atoms with Gasteiger partial charge in [-0.15, -0.1) is 0 Å². The maximum absolute atomic E-state index is 12.5. The summed E-state index contributed by atoms with van der Waals surface area (Å²) in [6.45, 7) is 3.07. The van der Waals surface area contributed by atoms with E-state index in [1.54, 1.807) is 0 Å². The summed E-state index contributed by atoms with van der Waals surface area (Å²) in [5, 5.41) is 5.72. The van der Waals surface area contributed by atoms with Crippen molar-refractivity contribution in [3.05, 3.63) is 59.7 Å². The van der Waals surface area contributed by atoms with E-state index < -0.39 is 5.92 Å². The molecule has 5 heteroatoms. The fraction of sp³-hybridized carbons (Fsp3) is 0.300. The second-order valence-electron chi connectivity index (χ2n) is 6.20. The van der Waals surface area contributed by atoms with Gasteiger partial charge in [0.25, 0.3) is 0 Å². The minimum Gasteiger partial charge on any atom is -0.494 e. The summed E-state index contributed by atoms with van der Waals surface area (Å²) in [4.78, 5) is 24.2. The summed E-state index contributed by atoms with van der Waals surface area (Å²) in [5.41, 5.74) is 2.75. The van der Waals surface area contributed by atoms with Gasteiger partial charge in [0.1, 0.15) is 5.75 Å². The Balaban J connectivity index is 1.47. The molecule has 0 saturated heterocycles. The van der Waals surface area contributed by atoms with E-state index in [1.807, 2.05) is 55.5 Å². The van der Waals surface area contributed by atoms with E-state index in [9.17, 15) is 9.59 Å². The van der Waals surface area contributed by atoms with E-state index in [0.717, 1.165) is 22.6 Å². The van der Waals surface area contributed by atoms with Crippen LogP contribution in [0.1, 0.15) is 29.9 Å². The monoisotopic (exact) mass is 338 g/mol. The van der Waals surface area contributed by atoms with Crippen LogP contribution in [0.15, 0.2) is 48.5 Å². The fourth-order valence-corrected chi connectivity index (χ4v) is 2.95. The van der Waals surface area contributed by atoms with Gasteiger partial charge in [-0.25, -0.2) is 0 Å². The van der Waals surface area contributed by atoms with Gasteiger partial charge in [-0.1, -0.05) is 30.3 Å². The van der Waals surface area contributed by atoms with Gasteiger partial charge in [0.05, 0.1) is 12.5 Å². The Kier molecular flexibility index (Phi) is 5.33. The minimum atomic E-state index is -0.428. The number of hydrogen-bond acceptors (Lipinski definition) is 3. The summed E-state index contributed by atoms with van der Waals surface area (Å²) in [5.74, 6) is 0.173. The molecule has 3 rings (SSSR count). The van der Waals surface area contributed by atoms with Crippen molar-refractivity contribution in [2.45, 2.75) is 25.7 Å². The average Bonchev–Trinajstić information content (AvgIpc) is 2.60. The van der Waals surface area contributed by atoms with Crippen molar-refractivity contribution in [1.82, 2.24) is 5.32 Å². The highest BCUT2D eigenvalue weighted by Crippen LogP contribution is 2.31. The number of aryl methyl sites for hydroxylation is 1. The smallest absolute Gasteiger partial charge is 0.228 e. The molecule has 1 heterocycles. The third kappa shape index (κ3) is 4.38. The summed E-state index contributed by atoms with van der Waals surface area (Å²) in [7, 11) is 0. The molecule has 0 bridgehead atoms. The second-order valence-corrected chi connectivity index (χ2v) is 6.20. The average molecular weight is 338 g/mol. The molecule has 2 N–H and O–H groups in total. The first kappa shape index (κ1) is 17.0. The first-order chi connectivity index (χ1) is 12.1. The molecular formula is C20H22N2O3. The van der Waals surface area contributed by atoms with Crippen molar-refractivity contribution in [2.24, 2.45) is 0 Å². The molecule has 25 heavy (non-hydrogen) atoms. The molecule has 2 aromatic rings. The van der Waals surface area contributed by atoms with Crippen LogP contribution in [0.5, 0.6) is 5.75 Å². The van der Waals surface area contributed by atoms with Gasteiger partial charge >= 0.3 is 0 Å². The predicted molar refractivity (Wildman–Crippen MR) is 96.7 cm³/mol. The Labute approximate surface area is 147 Å². The fourth-order valence-electron chi connectivity index (χ4n) is 2.95. The third-order valence-electron chi connectivity index (χ3n) is 4.19. The van der Waals surface area contributed by atoms with E-state index in [1.165, 1.54) is 0 Å². The number of para-hydroxylation sites is 1. The summed E-state index contributed by atoms with van der Waals surface area (Å²) in [6, 6.07) is 15.3. The molecule has 1 aliphatic heterocycles. The number of fused-ring (bicyclic) bond motifs is 1. The first-order valence-corrected chi connectivity index (χ1v) is 8.49. The van der Waals surface area contributed by atoms with Crippen LogP contribution in [0.4, 0.5) is 5.69 Å². The quantitative estimate of drug-likeness (QED) is 0.796. The van der Waals surface area contributed by atoms with E-state index in [-0.39, 0.29) is 18.2 Å². The molecule has 0 fully saturated rings. The first-order valence-electron chi connectivity index (χ1n) is 8.49. The maximum atomic E-state index is 12.5. The van der Waals surface area contributed by atoms with Crippen molar-refractivity contribution >= 4 is 17.5 Å². The van der Waals surface area contributed by atoms with Crippen LogP contribution in [0.25, 0.3) is 0 Å². The van der Waals surface area contributed by atoms with E-state index >= 15 is 0 Å². The largest absolute Gasteiger partial charge is 0.494 e. The van der Waals surface area contributed by atoms with Crippen LogP contribution in [0.2, 0.25) is 0 Å². The zero-order chi connectivity index (χ0) is 17.6. The van der Waals surface area contributed by atoms with Gasteiger partial charge in [0.2, 0.25) is 11.8 Å². The number of anilines is 1. The Bertz CT molecular complexity index is 773. The highest BCUT2D eigenvalue weighted by molar-refractivity contribution is 6.01. The number of benzene rings is 2. The van der Waals surface area contributed by atoms with E-state index in [0.29, 0.717) is 19.6 Å². The van der Waals surface area contributed by atoms with Gasteiger partial charge in [-0.05, 0) is 42.7 Å². The third-order valence-corrected chi connectivity index (χ3v) is 4.19. The molecule has 0 aliphatic carbocycles. The molecular weight excluding hydrogens is 316 g/mol. The van der Waals surface area contributed by atoms with Crippen molar-refractivity contribution in [1.29, 1.82) is 0 Å². The number of carbonyl (C=O) groups is 2. The normalized spacial score (nSPS) is 15.9. The van der Waals surface area contributed by atoms with Gasteiger partial charge in [0.15, 0.2) is 0 Å². The van der Waals surface area contributed by atoms with Crippen molar-refractivity contribution < 1.29 is 14.3 Å². The number of carbonyl (C=O) groups excluding carboxylic acids is 2. The lowest BCUT2D eigenvalue weighted by Crippen LogP contribution is -2.35. The molecule has 2 amide bonds. The zero-order valence-electron chi connectivity index (χ0n) is 14.2. The Morgan fingerprint density at radius 3 is 2.92 bits per heavy atom. The molecule has 0 aromatic heterocycles. The lowest BCUT2D eigenvalue weighted by molar-refractivity contribution is -0.126. The molecule has 1 aliphatic rings. The molecule has 5 nitrogen and oxygen atoms in total. The van der Waals surface area contributed by atoms with Crippen LogP contribution in [-0.2, 0) is 9.59 Å². The minimum absolute atomic E-state index is 0.113. The van der Waals surface area contributed by atoms with Gasteiger partial charge < -0.3 is 15.4 Å². The lowest BCUT2D eigenvalue weighted by atomic mass is 9.90. The lowest BCUT2D eigenvalue weighted by Gasteiger charge is -2.24. The molecule has 130 valence electrons. The number of ether oxygens (including phenoxy) is 1. The summed E-state index contributed by atoms with van der Waals surface area (Å²) in [6.07, 6.45) is 0.892. The number of amides is 2. The predicted octanol–water partition coefficient (Wildman–Crippen LogP) is 3.01. The number of nitrogens with one attached hydrogen (secondary N) is 2. The van der Waals surface area contributed by atoms with Crippen LogP contribution >= 0.6 is 0 Å². The van der Waals surface area contributed by atoms with Crippen molar-refractivity contribution in [2.75, 3.05) is 18.5 Å². The highest BCUT2D eigenvalue weighted by Gasteiger charge is 2.29. The Morgan fingerprint density at radius 2 is 2.08 bits per heavy atom. The summed E-state index contributed by atoms with van der Waals surface area (Å²) >= 11 is 0. The standard InChI is InChI=1S/C20H22N2O3/c1-14-6-4-7-15(12-14)25-11-5-10-21-20(24)17-13-19(23)22-18-9-3-2-8-16(17)18/h2-4,6-9,12,17H,5,10-11,13H2,1H3,(H,21,24)(H,22,23). The van der Waals surface area contributed by atoms with E-state index in [4.69, 9.17) is 4.74 Å². The number of rotatable bonds is 6. The molecule has 0 spiro atoms. The van der Waals surface area contributed by atoms with Crippen LogP contribution in [0.3, 0.4) is 0 Å². The van der Waals surface area contributed by atoms with Gasteiger partial charge in [-0.2, -0.15) is 0 Å². The Morgan fingerprint density at radius 1 is 1.24 bits per heavy atom. The van der Waals surface area contributed by atoms with Gasteiger partial charge in [0, 0.05) is 18.7 Å². The zero-order valence-corrected chi connectivity index (χ0v) is 14.2. The van der Waals surface area contributed by atoms with Gasteiger partial charge in [-0.3, -0.25) is 9.59 Å². The number of hydrogen-bond donors (Lipinski definition) is 2. The molecule has 0 saturated carbocycles. The van der Waals surface area contributed by atoms with Crippen LogP contribution < -0.4 is 15.4 Å². The second kappa shape index (κ2) is 7.83. The van der Waals surface area contributed by atoms with Crippen LogP contribution in [0, 0.1) is 6.92 Å². The highest BCUT2D eigenvalue weighted by atomic mass is 16.5. The molecule has 1 unspecified atom stereocenters. The topological polar surface area (TPSA) is 67.4 Å². The van der Waals surface area contributed by atoms with Crippen molar-refractivity contribution in [3.63, 3.8) is 0 Å². The van der Waals surface area contributed by atoms with Crippen LogP contribution in [-0.4, -0.2) is 25.0 Å². The Hall–Kier alpha value is -2.82. The van der Waals surface area contributed by atoms with Crippen molar-refractivity contribution in [3.8, 4) is 5.75 Å². The maximum Gasteiger partial charge on any atom is 0.228 e. The molecule has 2 aromatic carbocycles. The molecule has 0 radical (unpaired) electrons. The summed E-state index contributed by atoms with van der Waals surface area (Å²) < 4.78 is 5.67.